The molecule has 1 fully saturated rings. The summed E-state index contributed by atoms with van der Waals surface area (Å²) in [5, 5.41) is 15.4. The van der Waals surface area contributed by atoms with Gasteiger partial charge in [-0.2, -0.15) is 11.8 Å². The van der Waals surface area contributed by atoms with Crippen LogP contribution in [-0.2, 0) is 10.5 Å². The lowest BCUT2D eigenvalue weighted by molar-refractivity contribution is -0.121. The Hall–Kier alpha value is -1.11. The number of thioether (sulfide) groups is 1. The number of carbonyl (C=O) groups is 1. The standard InChI is InChI=1S/C14H19FN2O2S/c15-11-3-1-10(2-4-11)9-20-6-5-14(19)17-12-7-16-8-13(12)18/h1-4,12-13,16,18H,5-9H2,(H,17,19)/t12-,13-/m1/s1. The molecule has 1 aliphatic rings. The van der Waals surface area contributed by atoms with Crippen LogP contribution in [0.3, 0.4) is 0 Å². The minimum Gasteiger partial charge on any atom is -0.390 e. The highest BCUT2D eigenvalue weighted by molar-refractivity contribution is 7.98. The lowest BCUT2D eigenvalue weighted by atomic mass is 10.2. The monoisotopic (exact) mass is 298 g/mol. The maximum Gasteiger partial charge on any atom is 0.221 e. The van der Waals surface area contributed by atoms with Gasteiger partial charge in [-0.3, -0.25) is 4.79 Å². The molecular weight excluding hydrogens is 279 g/mol. The van der Waals surface area contributed by atoms with Crippen molar-refractivity contribution in [3.8, 4) is 0 Å². The first kappa shape index (κ1) is 15.3. The average molecular weight is 298 g/mol. The van der Waals surface area contributed by atoms with E-state index in [4.69, 9.17) is 0 Å². The van der Waals surface area contributed by atoms with Crippen molar-refractivity contribution in [2.45, 2.75) is 24.3 Å². The van der Waals surface area contributed by atoms with Gasteiger partial charge in [-0.1, -0.05) is 12.1 Å². The van der Waals surface area contributed by atoms with Gasteiger partial charge in [0.25, 0.3) is 0 Å². The molecule has 0 aliphatic carbocycles. The van der Waals surface area contributed by atoms with Gasteiger partial charge >= 0.3 is 0 Å². The van der Waals surface area contributed by atoms with E-state index in [1.54, 1.807) is 23.9 Å². The molecule has 1 aromatic carbocycles. The number of nitrogens with one attached hydrogen (secondary N) is 2. The van der Waals surface area contributed by atoms with Crippen LogP contribution in [0.5, 0.6) is 0 Å². The summed E-state index contributed by atoms with van der Waals surface area (Å²) in [5.74, 6) is 1.20. The largest absolute Gasteiger partial charge is 0.390 e. The van der Waals surface area contributed by atoms with E-state index < -0.39 is 6.10 Å². The van der Waals surface area contributed by atoms with Gasteiger partial charge in [-0.25, -0.2) is 4.39 Å². The van der Waals surface area contributed by atoms with E-state index in [9.17, 15) is 14.3 Å². The van der Waals surface area contributed by atoms with Gasteiger partial charge in [0.15, 0.2) is 0 Å². The Balaban J connectivity index is 1.60. The minimum atomic E-state index is -0.495. The summed E-state index contributed by atoms with van der Waals surface area (Å²) in [6.07, 6.45) is -0.0689. The first-order valence-electron chi connectivity index (χ1n) is 6.65. The number of aliphatic hydroxyl groups excluding tert-OH is 1. The Kier molecular flexibility index (Phi) is 5.82. The molecule has 1 saturated heterocycles. The second-order valence-corrected chi connectivity index (χ2v) is 5.93. The number of halogens is 1. The molecule has 1 aromatic rings. The van der Waals surface area contributed by atoms with E-state index in [0.717, 1.165) is 11.3 Å². The number of aliphatic hydroxyl groups is 1. The predicted octanol–water partition coefficient (Wildman–Crippen LogP) is 0.898. The quantitative estimate of drug-likeness (QED) is 0.683. The molecule has 6 heteroatoms. The fourth-order valence-electron chi connectivity index (χ4n) is 2.03. The van der Waals surface area contributed by atoms with Gasteiger partial charge in [0.2, 0.25) is 5.91 Å². The maximum atomic E-state index is 12.7. The van der Waals surface area contributed by atoms with Crippen molar-refractivity contribution in [1.29, 1.82) is 0 Å². The summed E-state index contributed by atoms with van der Waals surface area (Å²) >= 11 is 1.64. The van der Waals surface area contributed by atoms with Crippen LogP contribution in [-0.4, -0.2) is 42.0 Å². The second kappa shape index (κ2) is 7.61. The van der Waals surface area contributed by atoms with Crippen LogP contribution >= 0.6 is 11.8 Å². The molecule has 0 radical (unpaired) electrons. The molecule has 0 saturated carbocycles. The summed E-state index contributed by atoms with van der Waals surface area (Å²) in [4.78, 5) is 11.7. The van der Waals surface area contributed by atoms with Crippen molar-refractivity contribution in [3.05, 3.63) is 35.6 Å². The molecule has 1 aliphatic heterocycles. The highest BCUT2D eigenvalue weighted by Crippen LogP contribution is 2.13. The van der Waals surface area contributed by atoms with E-state index in [0.29, 0.717) is 25.3 Å². The van der Waals surface area contributed by atoms with Gasteiger partial charge in [-0.15, -0.1) is 0 Å². The molecule has 1 amide bonds. The van der Waals surface area contributed by atoms with E-state index in [2.05, 4.69) is 10.6 Å². The smallest absolute Gasteiger partial charge is 0.221 e. The number of hydrogen-bond donors (Lipinski definition) is 3. The third kappa shape index (κ3) is 4.77. The van der Waals surface area contributed by atoms with Gasteiger partial charge < -0.3 is 15.7 Å². The number of hydrogen-bond acceptors (Lipinski definition) is 4. The Labute approximate surface area is 122 Å². The molecule has 1 heterocycles. The van der Waals surface area contributed by atoms with E-state index in [1.807, 2.05) is 0 Å². The van der Waals surface area contributed by atoms with Crippen molar-refractivity contribution >= 4 is 17.7 Å². The topological polar surface area (TPSA) is 61.4 Å². The van der Waals surface area contributed by atoms with Crippen LogP contribution in [0.25, 0.3) is 0 Å². The average Bonchev–Trinajstić information content (AvgIpc) is 2.82. The first-order valence-corrected chi connectivity index (χ1v) is 7.81. The van der Waals surface area contributed by atoms with Gasteiger partial charge in [-0.05, 0) is 17.7 Å². The van der Waals surface area contributed by atoms with E-state index >= 15 is 0 Å². The Morgan fingerprint density at radius 3 is 2.80 bits per heavy atom. The molecule has 0 unspecified atom stereocenters. The molecule has 3 N–H and O–H groups in total. The van der Waals surface area contributed by atoms with Crippen LogP contribution in [0.1, 0.15) is 12.0 Å². The zero-order chi connectivity index (χ0) is 14.4. The van der Waals surface area contributed by atoms with E-state index in [-0.39, 0.29) is 17.8 Å². The molecule has 0 spiro atoms. The van der Waals surface area contributed by atoms with Gasteiger partial charge in [0, 0.05) is 31.0 Å². The van der Waals surface area contributed by atoms with Crippen molar-refractivity contribution in [1.82, 2.24) is 10.6 Å². The first-order chi connectivity index (χ1) is 9.65. The molecule has 2 rings (SSSR count). The molecule has 0 aromatic heterocycles. The summed E-state index contributed by atoms with van der Waals surface area (Å²) in [6, 6.07) is 6.21. The van der Waals surface area contributed by atoms with Crippen LogP contribution in [0.2, 0.25) is 0 Å². The van der Waals surface area contributed by atoms with Gasteiger partial charge in [0.1, 0.15) is 5.82 Å². The molecular formula is C14H19FN2O2S. The van der Waals surface area contributed by atoms with E-state index in [1.165, 1.54) is 12.1 Å². The van der Waals surface area contributed by atoms with Crippen molar-refractivity contribution in [2.24, 2.45) is 0 Å². The van der Waals surface area contributed by atoms with Crippen molar-refractivity contribution < 1.29 is 14.3 Å². The minimum absolute atomic E-state index is 0.0376. The second-order valence-electron chi connectivity index (χ2n) is 4.83. The highest BCUT2D eigenvalue weighted by Gasteiger charge is 2.25. The SMILES string of the molecule is O=C(CCSCc1ccc(F)cc1)N[C@@H]1CNC[C@H]1O. The summed E-state index contributed by atoms with van der Waals surface area (Å²) < 4.78 is 12.7. The van der Waals surface area contributed by atoms with Crippen LogP contribution in [0.15, 0.2) is 24.3 Å². The summed E-state index contributed by atoms with van der Waals surface area (Å²) in [6.45, 7) is 1.15. The van der Waals surface area contributed by atoms with Crippen LogP contribution in [0.4, 0.5) is 4.39 Å². The van der Waals surface area contributed by atoms with Gasteiger partial charge in [0.05, 0.1) is 12.1 Å². The number of amides is 1. The summed E-state index contributed by atoms with van der Waals surface area (Å²) in [7, 11) is 0. The maximum absolute atomic E-state index is 12.7. The zero-order valence-electron chi connectivity index (χ0n) is 11.1. The molecule has 20 heavy (non-hydrogen) atoms. The molecule has 4 nitrogen and oxygen atoms in total. The molecule has 110 valence electrons. The predicted molar refractivity (Wildman–Crippen MR) is 78.0 cm³/mol. The number of carbonyl (C=O) groups excluding carboxylic acids is 1. The number of benzene rings is 1. The lowest BCUT2D eigenvalue weighted by Gasteiger charge is -2.15. The Bertz CT molecular complexity index is 441. The van der Waals surface area contributed by atoms with Crippen LogP contribution < -0.4 is 10.6 Å². The zero-order valence-corrected chi connectivity index (χ0v) is 12.0. The number of β-amino-alcohol motifs (C(OH)–C–C–N with tert-alkyl or cyclic N) is 1. The Morgan fingerprint density at radius 1 is 1.40 bits per heavy atom. The Morgan fingerprint density at radius 2 is 2.15 bits per heavy atom. The lowest BCUT2D eigenvalue weighted by Crippen LogP contribution is -2.42. The fraction of sp³-hybridized carbons (Fsp3) is 0.500. The fourth-order valence-corrected chi connectivity index (χ4v) is 2.93. The molecule has 2 atom stereocenters. The van der Waals surface area contributed by atoms with Crippen molar-refractivity contribution in [2.75, 3.05) is 18.8 Å². The third-order valence-corrected chi connectivity index (χ3v) is 4.21. The van der Waals surface area contributed by atoms with Crippen LogP contribution in [0, 0.1) is 5.82 Å². The summed E-state index contributed by atoms with van der Waals surface area (Å²) in [5.41, 5.74) is 1.05. The molecule has 0 bridgehead atoms. The highest BCUT2D eigenvalue weighted by atomic mass is 32.2. The van der Waals surface area contributed by atoms with Crippen molar-refractivity contribution in [3.63, 3.8) is 0 Å². The third-order valence-electron chi connectivity index (χ3n) is 3.18. The normalized spacial score (nSPS) is 21.9. The number of rotatable bonds is 6.